The normalized spacial score (nSPS) is 12.0. The minimum Gasteiger partial charge on any atom is -0.505 e. The molecule has 0 unspecified atom stereocenters. The summed E-state index contributed by atoms with van der Waals surface area (Å²) in [5, 5.41) is 39.9. The number of aromatic hydroxyl groups is 2. The zero-order valence-corrected chi connectivity index (χ0v) is 21.9. The van der Waals surface area contributed by atoms with Crippen molar-refractivity contribution >= 4 is 28.2 Å². The Morgan fingerprint density at radius 3 is 2.24 bits per heavy atom. The lowest BCUT2D eigenvalue weighted by Crippen LogP contribution is -2.05. The second-order valence-corrected chi connectivity index (χ2v) is 9.74. The number of fused-ring (bicyclic) bond motifs is 1. The topological polar surface area (TPSA) is 107 Å². The number of azo groups is 1. The molecule has 0 amide bonds. The van der Waals surface area contributed by atoms with Gasteiger partial charge in [0.2, 0.25) is 5.88 Å². The molecule has 0 saturated heterocycles. The van der Waals surface area contributed by atoms with Gasteiger partial charge >= 0.3 is 12.1 Å². The minimum absolute atomic E-state index is 0.0109. The molecule has 0 radical (unpaired) electrons. The van der Waals surface area contributed by atoms with Gasteiger partial charge in [-0.2, -0.15) is 13.2 Å². The Balaban J connectivity index is 1.63. The molecule has 5 aromatic rings. The predicted molar refractivity (Wildman–Crippen MR) is 149 cm³/mol. The molecular formula is C31H24F3N3O4. The summed E-state index contributed by atoms with van der Waals surface area (Å²) >= 11 is 0. The van der Waals surface area contributed by atoms with Crippen LogP contribution in [-0.2, 0) is 6.18 Å². The molecule has 41 heavy (non-hydrogen) atoms. The van der Waals surface area contributed by atoms with Gasteiger partial charge in [0.05, 0.1) is 16.6 Å². The molecule has 10 heteroatoms. The Kier molecular flexibility index (Phi) is 7.00. The van der Waals surface area contributed by atoms with E-state index in [0.717, 1.165) is 17.7 Å². The van der Waals surface area contributed by atoms with Crippen LogP contribution in [0.5, 0.6) is 11.6 Å². The van der Waals surface area contributed by atoms with E-state index >= 15 is 0 Å². The minimum atomic E-state index is -4.60. The van der Waals surface area contributed by atoms with Crippen LogP contribution in [0.4, 0.5) is 24.5 Å². The molecule has 3 N–H and O–H groups in total. The number of nitrogens with zero attached hydrogens (tertiary/aromatic N) is 3. The smallest absolute Gasteiger partial charge is 0.416 e. The Bertz CT molecular complexity index is 1810. The van der Waals surface area contributed by atoms with Gasteiger partial charge in [0, 0.05) is 16.6 Å². The molecule has 5 rings (SSSR count). The van der Waals surface area contributed by atoms with E-state index in [1.54, 1.807) is 36.4 Å². The fourth-order valence-corrected chi connectivity index (χ4v) is 4.57. The van der Waals surface area contributed by atoms with Crippen molar-refractivity contribution < 1.29 is 33.3 Å². The molecule has 0 aliphatic rings. The molecule has 0 aliphatic heterocycles. The number of halogens is 3. The Morgan fingerprint density at radius 1 is 0.878 bits per heavy atom. The highest BCUT2D eigenvalue weighted by atomic mass is 19.4. The highest BCUT2D eigenvalue weighted by molar-refractivity contribution is 5.97. The van der Waals surface area contributed by atoms with E-state index in [1.165, 1.54) is 28.8 Å². The first-order valence-corrected chi connectivity index (χ1v) is 12.6. The predicted octanol–water partition coefficient (Wildman–Crippen LogP) is 8.96. The monoisotopic (exact) mass is 559 g/mol. The van der Waals surface area contributed by atoms with Crippen molar-refractivity contribution in [2.24, 2.45) is 10.2 Å². The fourth-order valence-electron chi connectivity index (χ4n) is 4.57. The maximum Gasteiger partial charge on any atom is 0.416 e. The van der Waals surface area contributed by atoms with E-state index < -0.39 is 23.6 Å². The van der Waals surface area contributed by atoms with Crippen LogP contribution in [0.2, 0.25) is 0 Å². The van der Waals surface area contributed by atoms with E-state index in [1.807, 2.05) is 26.0 Å². The summed E-state index contributed by atoms with van der Waals surface area (Å²) in [6, 6.07) is 20.8. The van der Waals surface area contributed by atoms with Crippen LogP contribution in [0.3, 0.4) is 0 Å². The first-order valence-electron chi connectivity index (χ1n) is 12.6. The van der Waals surface area contributed by atoms with Crippen LogP contribution in [0.15, 0.2) is 95.2 Å². The maximum atomic E-state index is 13.6. The van der Waals surface area contributed by atoms with Crippen molar-refractivity contribution in [3.05, 3.63) is 102 Å². The van der Waals surface area contributed by atoms with Crippen molar-refractivity contribution in [1.82, 2.24) is 4.57 Å². The third kappa shape index (κ3) is 5.23. The van der Waals surface area contributed by atoms with E-state index in [-0.39, 0.29) is 39.5 Å². The number of carbonyl (C=O) groups is 1. The summed E-state index contributed by atoms with van der Waals surface area (Å²) < 4.78 is 42.0. The summed E-state index contributed by atoms with van der Waals surface area (Å²) in [6.45, 7) is 4.03. The van der Waals surface area contributed by atoms with Gasteiger partial charge < -0.3 is 15.3 Å². The number of aromatic carboxylic acids is 1. The zero-order valence-electron chi connectivity index (χ0n) is 21.9. The molecule has 1 aromatic heterocycles. The molecule has 1 heterocycles. The van der Waals surface area contributed by atoms with Crippen LogP contribution in [0, 0.1) is 0 Å². The van der Waals surface area contributed by atoms with Crippen molar-refractivity contribution in [3.63, 3.8) is 0 Å². The number of hydrogen-bond donors (Lipinski definition) is 3. The number of para-hydroxylation sites is 1. The van der Waals surface area contributed by atoms with Crippen LogP contribution in [0.25, 0.3) is 27.7 Å². The van der Waals surface area contributed by atoms with E-state index in [4.69, 9.17) is 0 Å². The number of phenolic OH excluding ortho intramolecular Hbond substituents is 1. The molecule has 208 valence electrons. The summed E-state index contributed by atoms with van der Waals surface area (Å²) in [4.78, 5) is 11.4. The molecular weight excluding hydrogens is 535 g/mol. The third-order valence-electron chi connectivity index (χ3n) is 6.76. The molecule has 0 fully saturated rings. The van der Waals surface area contributed by atoms with E-state index in [9.17, 15) is 33.3 Å². The van der Waals surface area contributed by atoms with Gasteiger partial charge in [-0.25, -0.2) is 4.79 Å². The first-order chi connectivity index (χ1) is 19.5. The number of benzene rings is 4. The number of phenols is 1. The van der Waals surface area contributed by atoms with Crippen LogP contribution < -0.4 is 0 Å². The number of carboxylic acid groups (broad SMARTS) is 1. The first kappa shape index (κ1) is 27.4. The summed E-state index contributed by atoms with van der Waals surface area (Å²) in [5.74, 6) is -1.60. The van der Waals surface area contributed by atoms with E-state index in [0.29, 0.717) is 16.8 Å². The van der Waals surface area contributed by atoms with Crippen molar-refractivity contribution in [2.45, 2.75) is 25.9 Å². The number of alkyl halides is 3. The maximum absolute atomic E-state index is 13.6. The van der Waals surface area contributed by atoms with Gasteiger partial charge in [-0.15, -0.1) is 10.2 Å². The lowest BCUT2D eigenvalue weighted by Gasteiger charge is -2.11. The largest absolute Gasteiger partial charge is 0.505 e. The van der Waals surface area contributed by atoms with Gasteiger partial charge in [-0.1, -0.05) is 50.2 Å². The third-order valence-corrected chi connectivity index (χ3v) is 6.76. The zero-order chi connectivity index (χ0) is 29.5. The Morgan fingerprint density at radius 2 is 1.59 bits per heavy atom. The summed E-state index contributed by atoms with van der Waals surface area (Å²) in [5.41, 5.74) is 1.33. The molecule has 0 aliphatic carbocycles. The van der Waals surface area contributed by atoms with Gasteiger partial charge in [0.1, 0.15) is 5.69 Å². The van der Waals surface area contributed by atoms with Crippen molar-refractivity contribution in [1.29, 1.82) is 0 Å². The Labute approximate surface area is 232 Å². The molecule has 0 atom stereocenters. The second-order valence-electron chi connectivity index (χ2n) is 9.74. The molecule has 0 saturated carbocycles. The Hall–Kier alpha value is -5.12. The van der Waals surface area contributed by atoms with Gasteiger partial charge in [0.15, 0.2) is 11.4 Å². The van der Waals surface area contributed by atoms with Gasteiger partial charge in [0.25, 0.3) is 0 Å². The summed E-state index contributed by atoms with van der Waals surface area (Å²) in [6.07, 6.45) is -4.60. The van der Waals surface area contributed by atoms with Crippen LogP contribution in [0.1, 0.15) is 41.3 Å². The number of aromatic nitrogens is 1. The van der Waals surface area contributed by atoms with Gasteiger partial charge in [-0.3, -0.25) is 4.57 Å². The molecule has 7 nitrogen and oxygen atoms in total. The van der Waals surface area contributed by atoms with Crippen LogP contribution >= 0.6 is 0 Å². The number of carboxylic acids is 1. The lowest BCUT2D eigenvalue weighted by molar-refractivity contribution is -0.137. The SMILES string of the molecule is CC(C)c1ccc(-n2c(O)c(N=Nc3cccc(-c4cccc(C(=O)O)c4)c3O)c3ccc(C(F)(F)F)cc32)cc1. The summed E-state index contributed by atoms with van der Waals surface area (Å²) in [7, 11) is 0. The fraction of sp³-hybridized carbons (Fsp3) is 0.129. The van der Waals surface area contributed by atoms with E-state index in [2.05, 4.69) is 10.2 Å². The highest BCUT2D eigenvalue weighted by Crippen LogP contribution is 2.45. The highest BCUT2D eigenvalue weighted by Gasteiger charge is 2.32. The lowest BCUT2D eigenvalue weighted by atomic mass is 10.0. The average molecular weight is 560 g/mol. The molecule has 4 aromatic carbocycles. The average Bonchev–Trinajstić information content (AvgIpc) is 3.22. The van der Waals surface area contributed by atoms with Crippen LogP contribution in [-0.4, -0.2) is 25.9 Å². The standard InChI is InChI=1S/C31H24F3N3O4/c1-17(2)18-9-12-22(13-10-18)37-26-16-21(31(32,33)34)11-14-24(26)27(29(37)39)36-35-25-8-4-7-23(28(25)38)19-5-3-6-20(15-19)30(40)41/h3-17,38-39H,1-2H3,(H,40,41). The number of hydrogen-bond acceptors (Lipinski definition) is 5. The quantitative estimate of drug-likeness (QED) is 0.181. The van der Waals surface area contributed by atoms with Crippen molar-refractivity contribution in [2.75, 3.05) is 0 Å². The van der Waals surface area contributed by atoms with Gasteiger partial charge in [-0.05, 0) is 65.6 Å². The molecule has 0 bridgehead atoms. The second kappa shape index (κ2) is 10.5. The molecule has 0 spiro atoms. The van der Waals surface area contributed by atoms with Crippen molar-refractivity contribution in [3.8, 4) is 28.4 Å². The number of rotatable bonds is 6.